The topological polar surface area (TPSA) is 17.1 Å². The van der Waals surface area contributed by atoms with E-state index in [2.05, 4.69) is 26.8 Å². The maximum atomic E-state index is 10.5. The molecular weight excluding hydrogens is 172 g/mol. The second-order valence-corrected chi connectivity index (χ2v) is 4.89. The van der Waals surface area contributed by atoms with Gasteiger partial charge in [-0.2, -0.15) is 0 Å². The molecule has 0 aromatic rings. The second kappa shape index (κ2) is 4.77. The molecule has 0 spiro atoms. The van der Waals surface area contributed by atoms with E-state index >= 15 is 0 Å². The Morgan fingerprint density at radius 3 is 2.86 bits per heavy atom. The van der Waals surface area contributed by atoms with Crippen LogP contribution in [0.3, 0.4) is 0 Å². The molecule has 1 atom stereocenters. The van der Waals surface area contributed by atoms with Crippen molar-refractivity contribution in [3.63, 3.8) is 0 Å². The fourth-order valence-corrected chi connectivity index (χ4v) is 2.40. The highest BCUT2D eigenvalue weighted by Crippen LogP contribution is 2.46. The lowest BCUT2D eigenvalue weighted by atomic mass is 9.74. The van der Waals surface area contributed by atoms with E-state index in [1.54, 1.807) is 5.57 Å². The molecule has 0 amide bonds. The lowest BCUT2D eigenvalue weighted by Gasteiger charge is -2.30. The normalized spacial score (nSPS) is 24.8. The van der Waals surface area contributed by atoms with Crippen LogP contribution in [0.15, 0.2) is 11.6 Å². The summed E-state index contributed by atoms with van der Waals surface area (Å²) in [5.41, 5.74) is 1.84. The second-order valence-electron chi connectivity index (χ2n) is 4.89. The summed E-state index contributed by atoms with van der Waals surface area (Å²) in [6.45, 7) is 6.80. The summed E-state index contributed by atoms with van der Waals surface area (Å²) in [5, 5.41) is 0. The van der Waals surface area contributed by atoms with Crippen molar-refractivity contribution in [1.29, 1.82) is 0 Å². The van der Waals surface area contributed by atoms with E-state index in [9.17, 15) is 4.79 Å². The van der Waals surface area contributed by atoms with E-state index in [0.29, 0.717) is 5.92 Å². The molecule has 0 heterocycles. The SMILES string of the molecule is CCCCC1=CC[C@H](CC=O)C1(C)C. The number of aldehydes is 1. The van der Waals surface area contributed by atoms with E-state index in [-0.39, 0.29) is 5.41 Å². The smallest absolute Gasteiger partial charge is 0.120 e. The van der Waals surface area contributed by atoms with Crippen molar-refractivity contribution in [3.05, 3.63) is 11.6 Å². The molecule has 0 bridgehead atoms. The monoisotopic (exact) mass is 194 g/mol. The van der Waals surface area contributed by atoms with Crippen LogP contribution < -0.4 is 0 Å². The molecule has 0 radical (unpaired) electrons. The van der Waals surface area contributed by atoms with Gasteiger partial charge in [0, 0.05) is 6.42 Å². The largest absolute Gasteiger partial charge is 0.303 e. The van der Waals surface area contributed by atoms with Crippen LogP contribution in [-0.2, 0) is 4.79 Å². The van der Waals surface area contributed by atoms with Gasteiger partial charge in [-0.15, -0.1) is 0 Å². The van der Waals surface area contributed by atoms with Crippen LogP contribution in [0, 0.1) is 11.3 Å². The predicted octanol–water partition coefficient (Wildman–Crippen LogP) is 3.74. The van der Waals surface area contributed by atoms with Crippen LogP contribution in [0.4, 0.5) is 0 Å². The molecule has 0 fully saturated rings. The summed E-state index contributed by atoms with van der Waals surface area (Å²) in [7, 11) is 0. The fraction of sp³-hybridized carbons (Fsp3) is 0.769. The first-order valence-corrected chi connectivity index (χ1v) is 5.76. The predicted molar refractivity (Wildman–Crippen MR) is 60.2 cm³/mol. The summed E-state index contributed by atoms with van der Waals surface area (Å²) in [4.78, 5) is 10.5. The van der Waals surface area contributed by atoms with Gasteiger partial charge in [0.25, 0.3) is 0 Å². The van der Waals surface area contributed by atoms with Gasteiger partial charge in [-0.25, -0.2) is 0 Å². The van der Waals surface area contributed by atoms with Gasteiger partial charge in [-0.1, -0.05) is 38.8 Å². The van der Waals surface area contributed by atoms with E-state index < -0.39 is 0 Å². The highest BCUT2D eigenvalue weighted by Gasteiger charge is 2.35. The summed E-state index contributed by atoms with van der Waals surface area (Å²) in [5.74, 6) is 0.548. The Morgan fingerprint density at radius 1 is 1.57 bits per heavy atom. The van der Waals surface area contributed by atoms with Crippen molar-refractivity contribution in [3.8, 4) is 0 Å². The minimum absolute atomic E-state index is 0.260. The van der Waals surface area contributed by atoms with Crippen LogP contribution in [-0.4, -0.2) is 6.29 Å². The van der Waals surface area contributed by atoms with Gasteiger partial charge in [0.1, 0.15) is 6.29 Å². The zero-order valence-corrected chi connectivity index (χ0v) is 9.68. The fourth-order valence-electron chi connectivity index (χ4n) is 2.40. The van der Waals surface area contributed by atoms with Crippen LogP contribution in [0.2, 0.25) is 0 Å². The first-order valence-electron chi connectivity index (χ1n) is 5.76. The molecule has 1 rings (SSSR count). The Bertz CT molecular complexity index is 225. The van der Waals surface area contributed by atoms with Crippen molar-refractivity contribution in [2.45, 2.75) is 52.9 Å². The van der Waals surface area contributed by atoms with E-state index in [0.717, 1.165) is 19.1 Å². The third kappa shape index (κ3) is 2.26. The van der Waals surface area contributed by atoms with E-state index in [4.69, 9.17) is 0 Å². The van der Waals surface area contributed by atoms with E-state index in [1.807, 2.05) is 0 Å². The first kappa shape index (κ1) is 11.5. The summed E-state index contributed by atoms with van der Waals surface area (Å²) >= 11 is 0. The van der Waals surface area contributed by atoms with Crippen LogP contribution in [0.1, 0.15) is 52.9 Å². The number of unbranched alkanes of at least 4 members (excludes halogenated alkanes) is 1. The van der Waals surface area contributed by atoms with Crippen LogP contribution in [0.25, 0.3) is 0 Å². The zero-order chi connectivity index (χ0) is 10.6. The van der Waals surface area contributed by atoms with Crippen LogP contribution >= 0.6 is 0 Å². The number of hydrogen-bond donors (Lipinski definition) is 0. The summed E-state index contributed by atoms with van der Waals surface area (Å²) in [6.07, 6.45) is 9.02. The van der Waals surface area contributed by atoms with Gasteiger partial charge in [0.2, 0.25) is 0 Å². The lowest BCUT2D eigenvalue weighted by molar-refractivity contribution is -0.109. The molecule has 0 saturated carbocycles. The zero-order valence-electron chi connectivity index (χ0n) is 9.68. The summed E-state index contributed by atoms with van der Waals surface area (Å²) in [6, 6.07) is 0. The molecule has 0 unspecified atom stereocenters. The third-order valence-corrected chi connectivity index (χ3v) is 3.68. The highest BCUT2D eigenvalue weighted by molar-refractivity contribution is 5.50. The number of rotatable bonds is 5. The molecule has 1 heteroatoms. The van der Waals surface area contributed by atoms with Gasteiger partial charge < -0.3 is 4.79 Å². The lowest BCUT2D eigenvalue weighted by Crippen LogP contribution is -2.21. The Labute approximate surface area is 87.6 Å². The average molecular weight is 194 g/mol. The molecular formula is C13H22O. The van der Waals surface area contributed by atoms with Crippen LogP contribution in [0.5, 0.6) is 0 Å². The molecule has 14 heavy (non-hydrogen) atoms. The Balaban J connectivity index is 2.58. The van der Waals surface area contributed by atoms with Gasteiger partial charge >= 0.3 is 0 Å². The molecule has 80 valence electrons. The van der Waals surface area contributed by atoms with E-state index in [1.165, 1.54) is 19.3 Å². The van der Waals surface area contributed by atoms with Crippen molar-refractivity contribution in [1.82, 2.24) is 0 Å². The molecule has 1 nitrogen and oxygen atoms in total. The van der Waals surface area contributed by atoms with Crippen molar-refractivity contribution in [2.75, 3.05) is 0 Å². The number of carbonyl (C=O) groups is 1. The maximum Gasteiger partial charge on any atom is 0.120 e. The summed E-state index contributed by atoms with van der Waals surface area (Å²) < 4.78 is 0. The van der Waals surface area contributed by atoms with Gasteiger partial charge in [0.05, 0.1) is 0 Å². The molecule has 0 aromatic heterocycles. The number of allylic oxidation sites excluding steroid dienone is 2. The van der Waals surface area contributed by atoms with Crippen molar-refractivity contribution >= 4 is 6.29 Å². The molecule has 0 aromatic carbocycles. The molecule has 0 aliphatic heterocycles. The maximum absolute atomic E-state index is 10.5. The molecule has 0 saturated heterocycles. The molecule has 1 aliphatic carbocycles. The molecule has 1 aliphatic rings. The minimum Gasteiger partial charge on any atom is -0.303 e. The third-order valence-electron chi connectivity index (χ3n) is 3.68. The Hall–Kier alpha value is -0.590. The quantitative estimate of drug-likeness (QED) is 0.481. The van der Waals surface area contributed by atoms with Gasteiger partial charge in [0.15, 0.2) is 0 Å². The standard InChI is InChI=1S/C13H22O/c1-4-5-6-11-7-8-12(9-10-14)13(11,2)3/h7,10,12H,4-6,8-9H2,1-3H3/t12-/m1/s1. The Morgan fingerprint density at radius 2 is 2.29 bits per heavy atom. The number of hydrogen-bond acceptors (Lipinski definition) is 1. The molecule has 0 N–H and O–H groups in total. The average Bonchev–Trinajstić information content (AvgIpc) is 2.41. The first-order chi connectivity index (χ1) is 6.62. The van der Waals surface area contributed by atoms with Crippen molar-refractivity contribution in [2.24, 2.45) is 11.3 Å². The van der Waals surface area contributed by atoms with Gasteiger partial charge in [-0.05, 0) is 30.6 Å². The minimum atomic E-state index is 0.260. The Kier molecular flexibility index (Phi) is 3.91. The van der Waals surface area contributed by atoms with Crippen molar-refractivity contribution < 1.29 is 4.79 Å². The van der Waals surface area contributed by atoms with Gasteiger partial charge in [-0.3, -0.25) is 0 Å². The highest BCUT2D eigenvalue weighted by atomic mass is 16.1. The number of carbonyl (C=O) groups excluding carboxylic acids is 1.